The van der Waals surface area contributed by atoms with Gasteiger partial charge in [-0.1, -0.05) is 27.7 Å². The first-order chi connectivity index (χ1) is 9.43. The predicted octanol–water partition coefficient (Wildman–Crippen LogP) is 3.19. The van der Waals surface area contributed by atoms with E-state index in [9.17, 15) is 0 Å². The van der Waals surface area contributed by atoms with E-state index < -0.39 is 0 Å². The van der Waals surface area contributed by atoms with Gasteiger partial charge in [-0.2, -0.15) is 0 Å². The SMILES string of the molecule is CCCOc1cncc(C(NC)C(OC)C(C)(C)C)c1. The Morgan fingerprint density at radius 1 is 1.30 bits per heavy atom. The van der Waals surface area contributed by atoms with E-state index in [2.05, 4.69) is 38.0 Å². The third kappa shape index (κ3) is 4.46. The van der Waals surface area contributed by atoms with Crippen molar-refractivity contribution < 1.29 is 9.47 Å². The highest BCUT2D eigenvalue weighted by atomic mass is 16.5. The number of pyridine rings is 1. The summed E-state index contributed by atoms with van der Waals surface area (Å²) in [6, 6.07) is 2.12. The second-order valence-electron chi connectivity index (χ2n) is 6.09. The molecule has 20 heavy (non-hydrogen) atoms. The Kier molecular flexibility index (Phi) is 6.43. The van der Waals surface area contributed by atoms with E-state index in [4.69, 9.17) is 9.47 Å². The fraction of sp³-hybridized carbons (Fsp3) is 0.688. The molecule has 0 aromatic carbocycles. The summed E-state index contributed by atoms with van der Waals surface area (Å²) >= 11 is 0. The van der Waals surface area contributed by atoms with Gasteiger partial charge in [0.2, 0.25) is 0 Å². The lowest BCUT2D eigenvalue weighted by Crippen LogP contribution is -2.40. The second kappa shape index (κ2) is 7.60. The van der Waals surface area contributed by atoms with Crippen LogP contribution in [0.2, 0.25) is 0 Å². The van der Waals surface area contributed by atoms with Crippen LogP contribution < -0.4 is 10.1 Å². The number of nitrogens with one attached hydrogen (secondary N) is 1. The van der Waals surface area contributed by atoms with Crippen molar-refractivity contribution in [3.63, 3.8) is 0 Å². The lowest BCUT2D eigenvalue weighted by molar-refractivity contribution is -0.0103. The first-order valence-electron chi connectivity index (χ1n) is 7.21. The van der Waals surface area contributed by atoms with Crippen LogP contribution in [0.25, 0.3) is 0 Å². The van der Waals surface area contributed by atoms with E-state index >= 15 is 0 Å². The maximum atomic E-state index is 5.71. The molecule has 1 rings (SSSR count). The third-order valence-electron chi connectivity index (χ3n) is 3.29. The summed E-state index contributed by atoms with van der Waals surface area (Å²) in [6.07, 6.45) is 4.67. The normalized spacial score (nSPS) is 14.9. The zero-order chi connectivity index (χ0) is 15.2. The Hall–Kier alpha value is -1.13. The summed E-state index contributed by atoms with van der Waals surface area (Å²) in [5.41, 5.74) is 1.12. The fourth-order valence-electron chi connectivity index (χ4n) is 2.39. The first kappa shape index (κ1) is 16.9. The maximum Gasteiger partial charge on any atom is 0.137 e. The van der Waals surface area contributed by atoms with E-state index in [0.29, 0.717) is 6.61 Å². The van der Waals surface area contributed by atoms with Gasteiger partial charge in [0.05, 0.1) is 24.9 Å². The number of aromatic nitrogens is 1. The number of hydrogen-bond acceptors (Lipinski definition) is 4. The van der Waals surface area contributed by atoms with Crippen molar-refractivity contribution in [2.75, 3.05) is 20.8 Å². The van der Waals surface area contributed by atoms with Gasteiger partial charge in [-0.25, -0.2) is 0 Å². The largest absolute Gasteiger partial charge is 0.492 e. The summed E-state index contributed by atoms with van der Waals surface area (Å²) in [6.45, 7) is 9.33. The Morgan fingerprint density at radius 2 is 2.00 bits per heavy atom. The third-order valence-corrected chi connectivity index (χ3v) is 3.29. The monoisotopic (exact) mass is 280 g/mol. The second-order valence-corrected chi connectivity index (χ2v) is 6.09. The molecule has 0 saturated carbocycles. The molecule has 0 aliphatic rings. The standard InChI is InChI=1S/C16H28N2O2/c1-7-8-20-13-9-12(10-18-11-13)14(17-5)15(19-6)16(2,3)4/h9-11,14-15,17H,7-8H2,1-6H3. The lowest BCUT2D eigenvalue weighted by Gasteiger charge is -2.36. The summed E-state index contributed by atoms with van der Waals surface area (Å²) in [5, 5.41) is 3.34. The van der Waals surface area contributed by atoms with Crippen LogP contribution in [0, 0.1) is 5.41 Å². The number of likely N-dealkylation sites (N-methyl/N-ethyl adjacent to an activating group) is 1. The minimum Gasteiger partial charge on any atom is -0.492 e. The Labute approximate surface area is 122 Å². The molecular formula is C16H28N2O2. The van der Waals surface area contributed by atoms with Crippen LogP contribution in [-0.2, 0) is 4.74 Å². The van der Waals surface area contributed by atoms with E-state index in [1.165, 1.54) is 0 Å². The highest BCUT2D eigenvalue weighted by molar-refractivity contribution is 5.27. The topological polar surface area (TPSA) is 43.4 Å². The van der Waals surface area contributed by atoms with Crippen molar-refractivity contribution in [1.82, 2.24) is 10.3 Å². The van der Waals surface area contributed by atoms with Gasteiger partial charge >= 0.3 is 0 Å². The molecule has 0 amide bonds. The molecule has 0 bridgehead atoms. The molecule has 0 aliphatic carbocycles. The lowest BCUT2D eigenvalue weighted by atomic mass is 9.82. The van der Waals surface area contributed by atoms with Crippen LogP contribution in [0.15, 0.2) is 18.5 Å². The van der Waals surface area contributed by atoms with Crippen molar-refractivity contribution in [3.05, 3.63) is 24.0 Å². The molecule has 4 nitrogen and oxygen atoms in total. The van der Waals surface area contributed by atoms with Crippen LogP contribution in [0.1, 0.15) is 45.7 Å². The molecule has 0 saturated heterocycles. The van der Waals surface area contributed by atoms with Gasteiger partial charge in [-0.15, -0.1) is 0 Å². The zero-order valence-corrected chi connectivity index (χ0v) is 13.6. The van der Waals surface area contributed by atoms with Crippen LogP contribution >= 0.6 is 0 Å². The van der Waals surface area contributed by atoms with Gasteiger partial charge in [0.25, 0.3) is 0 Å². The van der Waals surface area contributed by atoms with Gasteiger partial charge in [0.15, 0.2) is 0 Å². The van der Waals surface area contributed by atoms with E-state index in [1.807, 2.05) is 19.3 Å². The quantitative estimate of drug-likeness (QED) is 0.833. The minimum absolute atomic E-state index is 0.0305. The average Bonchev–Trinajstić information content (AvgIpc) is 2.41. The number of nitrogens with zero attached hydrogens (tertiary/aromatic N) is 1. The molecule has 0 spiro atoms. The van der Waals surface area contributed by atoms with Gasteiger partial charge in [-0.3, -0.25) is 4.98 Å². The first-order valence-corrected chi connectivity index (χ1v) is 7.21. The molecule has 1 aromatic heterocycles. The summed E-state index contributed by atoms with van der Waals surface area (Å²) in [4.78, 5) is 4.28. The molecule has 1 N–H and O–H groups in total. The van der Waals surface area contributed by atoms with Crippen LogP contribution in [0.3, 0.4) is 0 Å². The molecule has 1 heterocycles. The van der Waals surface area contributed by atoms with Gasteiger partial charge in [0.1, 0.15) is 5.75 Å². The van der Waals surface area contributed by atoms with E-state index in [0.717, 1.165) is 17.7 Å². The zero-order valence-electron chi connectivity index (χ0n) is 13.6. The number of methoxy groups -OCH3 is 1. The van der Waals surface area contributed by atoms with Crippen molar-refractivity contribution in [1.29, 1.82) is 0 Å². The molecular weight excluding hydrogens is 252 g/mol. The molecule has 2 atom stereocenters. The Balaban J connectivity index is 2.99. The highest BCUT2D eigenvalue weighted by Crippen LogP contribution is 2.32. The van der Waals surface area contributed by atoms with Crippen LogP contribution in [0.5, 0.6) is 5.75 Å². The summed E-state index contributed by atoms with van der Waals surface area (Å²) in [5.74, 6) is 0.813. The van der Waals surface area contributed by atoms with E-state index in [1.54, 1.807) is 13.3 Å². The predicted molar refractivity (Wildman–Crippen MR) is 82.1 cm³/mol. The summed E-state index contributed by atoms with van der Waals surface area (Å²) < 4.78 is 11.4. The highest BCUT2D eigenvalue weighted by Gasteiger charge is 2.32. The van der Waals surface area contributed by atoms with Gasteiger partial charge < -0.3 is 14.8 Å². The number of ether oxygens (including phenoxy) is 2. The van der Waals surface area contributed by atoms with Crippen molar-refractivity contribution in [2.24, 2.45) is 5.41 Å². The summed E-state index contributed by atoms with van der Waals surface area (Å²) in [7, 11) is 3.70. The average molecular weight is 280 g/mol. The molecule has 114 valence electrons. The molecule has 1 aromatic rings. The molecule has 4 heteroatoms. The van der Waals surface area contributed by atoms with Crippen molar-refractivity contribution in [2.45, 2.75) is 46.3 Å². The van der Waals surface area contributed by atoms with Crippen LogP contribution in [-0.4, -0.2) is 31.9 Å². The molecule has 0 radical (unpaired) electrons. The number of hydrogen-bond donors (Lipinski definition) is 1. The van der Waals surface area contributed by atoms with Crippen molar-refractivity contribution >= 4 is 0 Å². The number of rotatable bonds is 7. The maximum absolute atomic E-state index is 5.71. The van der Waals surface area contributed by atoms with Gasteiger partial charge in [0, 0.05) is 13.3 Å². The molecule has 0 aliphatic heterocycles. The Morgan fingerprint density at radius 3 is 2.50 bits per heavy atom. The van der Waals surface area contributed by atoms with Gasteiger partial charge in [-0.05, 0) is 30.5 Å². The minimum atomic E-state index is 0.0305. The fourth-order valence-corrected chi connectivity index (χ4v) is 2.39. The van der Waals surface area contributed by atoms with Crippen LogP contribution in [0.4, 0.5) is 0 Å². The van der Waals surface area contributed by atoms with Crippen molar-refractivity contribution in [3.8, 4) is 5.75 Å². The molecule has 2 unspecified atom stereocenters. The molecule has 0 fully saturated rings. The smallest absolute Gasteiger partial charge is 0.137 e. The Bertz CT molecular complexity index is 402. The van der Waals surface area contributed by atoms with E-state index in [-0.39, 0.29) is 17.6 Å².